The lowest BCUT2D eigenvalue weighted by Crippen LogP contribution is -2.50. The number of hydrogen-bond acceptors (Lipinski definition) is 4. The molecule has 0 saturated carbocycles. The molecule has 0 bridgehead atoms. The highest BCUT2D eigenvalue weighted by molar-refractivity contribution is 7.92. The molecule has 0 aliphatic rings. The number of nitrogens with zero attached hydrogens (tertiary/aromatic N) is 2. The lowest BCUT2D eigenvalue weighted by atomic mass is 10.1. The third kappa shape index (κ3) is 8.52. The van der Waals surface area contributed by atoms with Gasteiger partial charge in [-0.3, -0.25) is 13.9 Å². The van der Waals surface area contributed by atoms with Crippen LogP contribution in [0.5, 0.6) is 0 Å². The summed E-state index contributed by atoms with van der Waals surface area (Å²) in [7, 11) is -3.53. The number of halogens is 1. The number of benzene rings is 2. The Hall–Kier alpha value is -2.58. The number of carbonyl (C=O) groups excluding carboxylic acids is 2. The van der Waals surface area contributed by atoms with E-state index in [0.717, 1.165) is 23.8 Å². The molecule has 2 rings (SSSR count). The molecule has 0 saturated heterocycles. The number of hydrogen-bond donors (Lipinski definition) is 1. The molecule has 0 fully saturated rings. The van der Waals surface area contributed by atoms with Crippen LogP contribution >= 0.6 is 11.6 Å². The molecular weight excluding hydrogens is 498 g/mol. The second kappa shape index (κ2) is 13.7. The number of amides is 2. The summed E-state index contributed by atoms with van der Waals surface area (Å²) in [5.74, 6) is -0.428. The number of rotatable bonds is 13. The topological polar surface area (TPSA) is 86.8 Å². The molecule has 198 valence electrons. The number of carbonyl (C=O) groups is 2. The van der Waals surface area contributed by atoms with Crippen LogP contribution in [0.2, 0.25) is 5.02 Å². The normalized spacial score (nSPS) is 13.1. The van der Waals surface area contributed by atoms with Crippen molar-refractivity contribution in [3.8, 4) is 0 Å². The van der Waals surface area contributed by atoms with Crippen LogP contribution in [0.25, 0.3) is 0 Å². The maximum Gasteiger partial charge on any atom is 0.243 e. The smallest absolute Gasteiger partial charge is 0.243 e. The van der Waals surface area contributed by atoms with E-state index in [4.69, 9.17) is 11.6 Å². The summed E-state index contributed by atoms with van der Waals surface area (Å²) in [6, 6.07) is 13.8. The van der Waals surface area contributed by atoms with Gasteiger partial charge in [-0.2, -0.15) is 0 Å². The number of anilines is 1. The number of aryl methyl sites for hydroxylation is 1. The molecule has 0 spiro atoms. The Labute approximate surface area is 220 Å². The van der Waals surface area contributed by atoms with Gasteiger partial charge >= 0.3 is 0 Å². The molecule has 36 heavy (non-hydrogen) atoms. The van der Waals surface area contributed by atoms with Gasteiger partial charge in [0.2, 0.25) is 21.8 Å². The van der Waals surface area contributed by atoms with Gasteiger partial charge in [-0.25, -0.2) is 8.42 Å². The third-order valence-corrected chi connectivity index (χ3v) is 7.72. The fraction of sp³-hybridized carbons (Fsp3) is 0.481. The van der Waals surface area contributed by atoms with Gasteiger partial charge in [0.25, 0.3) is 0 Å². The zero-order valence-electron chi connectivity index (χ0n) is 21.8. The minimum Gasteiger partial charge on any atom is -0.352 e. The van der Waals surface area contributed by atoms with Crippen molar-refractivity contribution in [2.24, 2.45) is 0 Å². The molecule has 0 radical (unpaired) electrons. The van der Waals surface area contributed by atoms with Gasteiger partial charge < -0.3 is 10.2 Å². The molecule has 9 heteroatoms. The largest absolute Gasteiger partial charge is 0.352 e. The fourth-order valence-corrected chi connectivity index (χ4v) is 5.05. The molecule has 0 unspecified atom stereocenters. The molecule has 0 heterocycles. The molecule has 0 aromatic heterocycles. The first-order valence-corrected chi connectivity index (χ1v) is 14.6. The van der Waals surface area contributed by atoms with E-state index in [1.807, 2.05) is 58.0 Å². The van der Waals surface area contributed by atoms with Gasteiger partial charge in [-0.05, 0) is 56.9 Å². The maximum absolute atomic E-state index is 13.5. The highest BCUT2D eigenvalue weighted by atomic mass is 35.5. The quantitative estimate of drug-likeness (QED) is 0.394. The van der Waals surface area contributed by atoms with E-state index in [9.17, 15) is 18.0 Å². The molecule has 1 N–H and O–H groups in total. The van der Waals surface area contributed by atoms with Crippen LogP contribution in [0.4, 0.5) is 5.69 Å². The molecule has 0 aliphatic carbocycles. The zero-order valence-corrected chi connectivity index (χ0v) is 23.4. The Morgan fingerprint density at radius 3 is 2.22 bits per heavy atom. The van der Waals surface area contributed by atoms with Gasteiger partial charge in [-0.1, -0.05) is 61.3 Å². The second-order valence-electron chi connectivity index (χ2n) is 9.13. The number of sulfonamides is 1. The molecular formula is C27H38ClN3O4S. The summed E-state index contributed by atoms with van der Waals surface area (Å²) in [5, 5.41) is 3.51. The Morgan fingerprint density at radius 2 is 1.67 bits per heavy atom. The van der Waals surface area contributed by atoms with E-state index in [-0.39, 0.29) is 37.4 Å². The fourth-order valence-electron chi connectivity index (χ4n) is 3.89. The number of nitrogens with one attached hydrogen (secondary N) is 1. The Morgan fingerprint density at radius 1 is 1.03 bits per heavy atom. The maximum atomic E-state index is 13.5. The van der Waals surface area contributed by atoms with Crippen LogP contribution in [-0.4, -0.2) is 50.0 Å². The van der Waals surface area contributed by atoms with Crippen LogP contribution in [0.1, 0.15) is 57.6 Å². The van der Waals surface area contributed by atoms with Crippen molar-refractivity contribution >= 4 is 39.1 Å². The van der Waals surface area contributed by atoms with Crippen molar-refractivity contribution in [1.82, 2.24) is 10.2 Å². The van der Waals surface area contributed by atoms with Crippen LogP contribution in [0.3, 0.4) is 0 Å². The molecule has 0 aliphatic heterocycles. The van der Waals surface area contributed by atoms with Crippen molar-refractivity contribution in [3.05, 3.63) is 64.7 Å². The summed E-state index contributed by atoms with van der Waals surface area (Å²) in [6.07, 6.45) is 2.78. The van der Waals surface area contributed by atoms with Crippen molar-refractivity contribution in [3.63, 3.8) is 0 Å². The third-order valence-electron chi connectivity index (χ3n) is 6.16. The minimum absolute atomic E-state index is 0.0124. The Kier molecular flexibility index (Phi) is 11.2. The van der Waals surface area contributed by atoms with Gasteiger partial charge in [0.15, 0.2) is 0 Å². The van der Waals surface area contributed by atoms with Gasteiger partial charge in [0.1, 0.15) is 6.04 Å². The summed E-state index contributed by atoms with van der Waals surface area (Å²) in [4.78, 5) is 28.1. The lowest BCUT2D eigenvalue weighted by molar-refractivity contribution is -0.141. The van der Waals surface area contributed by atoms with Crippen LogP contribution in [0, 0.1) is 6.92 Å². The minimum atomic E-state index is -3.53. The van der Waals surface area contributed by atoms with Crippen molar-refractivity contribution in [2.75, 3.05) is 17.1 Å². The molecule has 7 nitrogen and oxygen atoms in total. The standard InChI is InChI=1S/C27H38ClN3O4S/c1-6-21(4)29-27(33)25(7-2)30(19-22-11-8-9-12-24(22)28)26(32)13-10-18-31(36(5,34)35)23-16-14-20(3)15-17-23/h8-9,11-12,14-17,21,25H,6-7,10,13,18-19H2,1-5H3,(H,29,33)/t21-,25+/m1/s1. The van der Waals surface area contributed by atoms with E-state index < -0.39 is 16.1 Å². The average Bonchev–Trinajstić information content (AvgIpc) is 2.82. The van der Waals surface area contributed by atoms with Gasteiger partial charge in [0, 0.05) is 30.6 Å². The van der Waals surface area contributed by atoms with Crippen LogP contribution in [-0.2, 0) is 26.2 Å². The first kappa shape index (κ1) is 29.6. The van der Waals surface area contributed by atoms with E-state index in [1.54, 1.807) is 23.1 Å². The predicted octanol–water partition coefficient (Wildman–Crippen LogP) is 4.92. The van der Waals surface area contributed by atoms with E-state index in [1.165, 1.54) is 4.31 Å². The van der Waals surface area contributed by atoms with Crippen molar-refractivity contribution in [2.45, 2.75) is 72.0 Å². The molecule has 2 atom stereocenters. The zero-order chi connectivity index (χ0) is 26.9. The summed E-state index contributed by atoms with van der Waals surface area (Å²) >= 11 is 6.37. The average molecular weight is 536 g/mol. The van der Waals surface area contributed by atoms with E-state index in [0.29, 0.717) is 23.6 Å². The van der Waals surface area contributed by atoms with Crippen molar-refractivity contribution in [1.29, 1.82) is 0 Å². The summed E-state index contributed by atoms with van der Waals surface area (Å²) < 4.78 is 26.2. The van der Waals surface area contributed by atoms with Gasteiger partial charge in [-0.15, -0.1) is 0 Å². The summed E-state index contributed by atoms with van der Waals surface area (Å²) in [6.45, 7) is 8.07. The van der Waals surface area contributed by atoms with Crippen LogP contribution in [0.15, 0.2) is 48.5 Å². The highest BCUT2D eigenvalue weighted by Crippen LogP contribution is 2.22. The van der Waals surface area contributed by atoms with Crippen LogP contribution < -0.4 is 9.62 Å². The van der Waals surface area contributed by atoms with Gasteiger partial charge in [0.05, 0.1) is 11.9 Å². The highest BCUT2D eigenvalue weighted by Gasteiger charge is 2.29. The Balaban J connectivity index is 2.23. The van der Waals surface area contributed by atoms with E-state index in [2.05, 4.69) is 5.32 Å². The second-order valence-corrected chi connectivity index (χ2v) is 11.4. The predicted molar refractivity (Wildman–Crippen MR) is 147 cm³/mol. The molecule has 2 aromatic carbocycles. The van der Waals surface area contributed by atoms with Crippen molar-refractivity contribution < 1.29 is 18.0 Å². The molecule has 2 aromatic rings. The molecule has 2 amide bonds. The summed E-state index contributed by atoms with van der Waals surface area (Å²) in [5.41, 5.74) is 2.33. The van der Waals surface area contributed by atoms with E-state index >= 15 is 0 Å². The monoisotopic (exact) mass is 535 g/mol. The lowest BCUT2D eigenvalue weighted by Gasteiger charge is -2.32. The first-order valence-electron chi connectivity index (χ1n) is 12.4. The Bertz CT molecular complexity index is 1120. The SMILES string of the molecule is CC[C@@H](C)NC(=O)[C@H](CC)N(Cc1ccccc1Cl)C(=O)CCCN(c1ccc(C)cc1)S(C)(=O)=O. The first-order chi connectivity index (χ1) is 17.0.